The Labute approximate surface area is 111 Å². The molecule has 18 heavy (non-hydrogen) atoms. The Hall–Kier alpha value is -1.33. The molecule has 2 aromatic rings. The number of rotatable bonds is 4. The normalized spacial score (nSPS) is 18.6. The molecule has 94 valence electrons. The molecule has 0 radical (unpaired) electrons. The Morgan fingerprint density at radius 3 is 3.22 bits per heavy atom. The van der Waals surface area contributed by atoms with Gasteiger partial charge in [0.2, 0.25) is 0 Å². The number of benzene rings is 1. The zero-order valence-corrected chi connectivity index (χ0v) is 10.9. The Morgan fingerprint density at radius 1 is 1.39 bits per heavy atom. The molecule has 0 amide bonds. The van der Waals surface area contributed by atoms with Crippen LogP contribution in [0.2, 0.25) is 0 Å². The van der Waals surface area contributed by atoms with Crippen molar-refractivity contribution in [2.75, 3.05) is 12.3 Å². The zero-order chi connectivity index (χ0) is 12.2. The van der Waals surface area contributed by atoms with Crippen LogP contribution in [-0.2, 0) is 12.3 Å². The number of nitrogens with zero attached hydrogens (tertiary/aromatic N) is 3. The highest BCUT2D eigenvalue weighted by Crippen LogP contribution is 2.31. The van der Waals surface area contributed by atoms with E-state index in [0.29, 0.717) is 6.04 Å². The van der Waals surface area contributed by atoms with Crippen molar-refractivity contribution < 1.29 is 0 Å². The summed E-state index contributed by atoms with van der Waals surface area (Å²) in [6, 6.07) is 9.18. The summed E-state index contributed by atoms with van der Waals surface area (Å²) < 4.78 is 1.86. The number of hydrogen-bond donors (Lipinski definition) is 1. The minimum Gasteiger partial charge on any atom is -0.307 e. The third-order valence-corrected chi connectivity index (χ3v) is 4.26. The standard InChI is InChI=1S/C13H16N4S/c1-2-4-12-11(3-1)9-18-10-13(12)14-5-7-17-8-6-15-16-17/h1-4,6,8,13-14H,5,7,9-10H2. The van der Waals surface area contributed by atoms with Crippen LogP contribution in [0.25, 0.3) is 0 Å². The molecule has 1 aromatic heterocycles. The van der Waals surface area contributed by atoms with Gasteiger partial charge >= 0.3 is 0 Å². The van der Waals surface area contributed by atoms with E-state index in [-0.39, 0.29) is 0 Å². The summed E-state index contributed by atoms with van der Waals surface area (Å²) in [7, 11) is 0. The molecule has 1 atom stereocenters. The molecule has 1 aliphatic heterocycles. The largest absolute Gasteiger partial charge is 0.307 e. The average molecular weight is 260 g/mol. The number of hydrogen-bond acceptors (Lipinski definition) is 4. The number of aromatic nitrogens is 3. The van der Waals surface area contributed by atoms with Gasteiger partial charge in [-0.25, -0.2) is 0 Å². The van der Waals surface area contributed by atoms with Gasteiger partial charge in [0.25, 0.3) is 0 Å². The zero-order valence-electron chi connectivity index (χ0n) is 10.1. The lowest BCUT2D eigenvalue weighted by atomic mass is 10.0. The molecule has 5 heteroatoms. The maximum atomic E-state index is 3.96. The Morgan fingerprint density at radius 2 is 2.33 bits per heavy atom. The van der Waals surface area contributed by atoms with E-state index >= 15 is 0 Å². The molecule has 1 N–H and O–H groups in total. The summed E-state index contributed by atoms with van der Waals surface area (Å²) in [4.78, 5) is 0. The van der Waals surface area contributed by atoms with Crippen molar-refractivity contribution in [2.45, 2.75) is 18.3 Å². The van der Waals surface area contributed by atoms with E-state index in [1.807, 2.05) is 22.6 Å². The number of nitrogens with one attached hydrogen (secondary N) is 1. The summed E-state index contributed by atoms with van der Waals surface area (Å²) >= 11 is 2.00. The molecule has 0 saturated carbocycles. The van der Waals surface area contributed by atoms with Crippen LogP contribution in [-0.4, -0.2) is 27.3 Å². The summed E-state index contributed by atoms with van der Waals surface area (Å²) in [5.74, 6) is 2.28. The van der Waals surface area contributed by atoms with Crippen molar-refractivity contribution in [3.8, 4) is 0 Å². The van der Waals surface area contributed by atoms with Gasteiger partial charge in [0.1, 0.15) is 0 Å². The fourth-order valence-corrected chi connectivity index (χ4v) is 3.39. The topological polar surface area (TPSA) is 42.7 Å². The predicted octanol–water partition coefficient (Wildman–Crippen LogP) is 1.86. The van der Waals surface area contributed by atoms with Crippen LogP contribution in [0.15, 0.2) is 36.7 Å². The molecule has 0 aliphatic carbocycles. The van der Waals surface area contributed by atoms with Crippen LogP contribution in [0.3, 0.4) is 0 Å². The minimum absolute atomic E-state index is 0.462. The van der Waals surface area contributed by atoms with Crippen molar-refractivity contribution in [1.29, 1.82) is 0 Å². The van der Waals surface area contributed by atoms with Gasteiger partial charge in [0, 0.05) is 30.3 Å². The maximum Gasteiger partial charge on any atom is 0.0692 e. The summed E-state index contributed by atoms with van der Waals surface area (Å²) in [6.07, 6.45) is 3.61. The fraction of sp³-hybridized carbons (Fsp3) is 0.385. The SMILES string of the molecule is c1ccc2c(c1)CSCC2NCCn1ccnn1. The highest BCUT2D eigenvalue weighted by atomic mass is 32.2. The Kier molecular flexibility index (Phi) is 3.61. The molecule has 1 aromatic carbocycles. The van der Waals surface area contributed by atoms with Gasteiger partial charge < -0.3 is 5.32 Å². The van der Waals surface area contributed by atoms with Crippen LogP contribution >= 0.6 is 11.8 Å². The van der Waals surface area contributed by atoms with Crippen LogP contribution in [0, 0.1) is 0 Å². The molecular formula is C13H16N4S. The second-order valence-corrected chi connectivity index (χ2v) is 5.42. The molecule has 0 saturated heterocycles. The molecule has 2 heterocycles. The van der Waals surface area contributed by atoms with Crippen molar-refractivity contribution in [3.05, 3.63) is 47.8 Å². The van der Waals surface area contributed by atoms with E-state index in [1.54, 1.807) is 6.20 Å². The van der Waals surface area contributed by atoms with E-state index < -0.39 is 0 Å². The van der Waals surface area contributed by atoms with Crippen molar-refractivity contribution in [3.63, 3.8) is 0 Å². The second kappa shape index (κ2) is 5.54. The molecule has 1 unspecified atom stereocenters. The molecule has 0 bridgehead atoms. The predicted molar refractivity (Wildman–Crippen MR) is 73.4 cm³/mol. The second-order valence-electron chi connectivity index (χ2n) is 4.39. The molecule has 1 aliphatic rings. The first-order chi connectivity index (χ1) is 8.93. The first kappa shape index (κ1) is 11.7. The quantitative estimate of drug-likeness (QED) is 0.911. The highest BCUT2D eigenvalue weighted by molar-refractivity contribution is 7.98. The lowest BCUT2D eigenvalue weighted by molar-refractivity contribution is 0.500. The summed E-state index contributed by atoms with van der Waals surface area (Å²) in [5, 5.41) is 11.4. The first-order valence-electron chi connectivity index (χ1n) is 6.16. The third kappa shape index (κ3) is 2.57. The van der Waals surface area contributed by atoms with Crippen LogP contribution < -0.4 is 5.32 Å². The molecular weight excluding hydrogens is 244 g/mol. The lowest BCUT2D eigenvalue weighted by Gasteiger charge is -2.26. The molecule has 3 rings (SSSR count). The van der Waals surface area contributed by atoms with Crippen LogP contribution in [0.1, 0.15) is 17.2 Å². The highest BCUT2D eigenvalue weighted by Gasteiger charge is 2.19. The van der Waals surface area contributed by atoms with Gasteiger partial charge in [-0.1, -0.05) is 29.5 Å². The molecule has 4 nitrogen and oxygen atoms in total. The molecule has 0 fully saturated rings. The minimum atomic E-state index is 0.462. The van der Waals surface area contributed by atoms with E-state index in [1.165, 1.54) is 11.1 Å². The van der Waals surface area contributed by atoms with Gasteiger partial charge in [-0.15, -0.1) is 5.10 Å². The van der Waals surface area contributed by atoms with Gasteiger partial charge in [0.15, 0.2) is 0 Å². The first-order valence-corrected chi connectivity index (χ1v) is 7.32. The lowest BCUT2D eigenvalue weighted by Crippen LogP contribution is -2.29. The van der Waals surface area contributed by atoms with Gasteiger partial charge in [-0.2, -0.15) is 11.8 Å². The number of thioether (sulfide) groups is 1. The van der Waals surface area contributed by atoms with E-state index in [4.69, 9.17) is 0 Å². The van der Waals surface area contributed by atoms with E-state index in [0.717, 1.165) is 24.6 Å². The van der Waals surface area contributed by atoms with E-state index in [2.05, 4.69) is 39.9 Å². The van der Waals surface area contributed by atoms with Gasteiger partial charge in [0.05, 0.1) is 12.7 Å². The molecule has 0 spiro atoms. The average Bonchev–Trinajstić information content (AvgIpc) is 2.92. The fourth-order valence-electron chi connectivity index (χ4n) is 2.26. The van der Waals surface area contributed by atoms with E-state index in [9.17, 15) is 0 Å². The van der Waals surface area contributed by atoms with Crippen molar-refractivity contribution >= 4 is 11.8 Å². The monoisotopic (exact) mass is 260 g/mol. The Balaban J connectivity index is 1.60. The van der Waals surface area contributed by atoms with Gasteiger partial charge in [-0.3, -0.25) is 4.68 Å². The smallest absolute Gasteiger partial charge is 0.0692 e. The Bertz CT molecular complexity index is 497. The number of fused-ring (bicyclic) bond motifs is 1. The van der Waals surface area contributed by atoms with Crippen LogP contribution in [0.5, 0.6) is 0 Å². The maximum absolute atomic E-state index is 3.96. The summed E-state index contributed by atoms with van der Waals surface area (Å²) in [6.45, 7) is 1.78. The third-order valence-electron chi connectivity index (χ3n) is 3.18. The van der Waals surface area contributed by atoms with Crippen LogP contribution in [0.4, 0.5) is 0 Å². The van der Waals surface area contributed by atoms with Gasteiger partial charge in [-0.05, 0) is 11.1 Å². The van der Waals surface area contributed by atoms with Crippen molar-refractivity contribution in [2.24, 2.45) is 0 Å². The van der Waals surface area contributed by atoms with Crippen molar-refractivity contribution in [1.82, 2.24) is 20.3 Å². The summed E-state index contributed by atoms with van der Waals surface area (Å²) in [5.41, 5.74) is 2.92.